The molecule has 1 aromatic heterocycles. The Kier molecular flexibility index (Phi) is 16.5. The minimum absolute atomic E-state index is 0.0410. The standard InChI is InChI=1S/C41H57N7O8/c1-5-14-29(35(49)39(53)45-30(41(55)56)23-26-15-10-8-11-16-26)44-38(52)34-27(7-3)19-22-48(34)40(54)32(25(4)6-2)46-37(51)33(28-17-12-9-13-18-28)47-36(50)31-24-42-20-21-43-31/h8,10-11,15-16,20-21,24-25,27-30,32-34H,5-7,9,12-14,17-19,22-23H2,1-4H3,(H,44,52)(H,45,53)(H,46,51)(H,47,50)(H,55,56)/t25?,27-,29?,30-,32-,33-,34-/m0/s1. The molecule has 15 heteroatoms. The average molecular weight is 776 g/mol. The Morgan fingerprint density at radius 1 is 0.875 bits per heavy atom. The van der Waals surface area contributed by atoms with Crippen LogP contribution in [0.2, 0.25) is 0 Å². The van der Waals surface area contributed by atoms with Crippen LogP contribution in [0, 0.1) is 17.8 Å². The molecule has 5 amide bonds. The van der Waals surface area contributed by atoms with Crippen molar-refractivity contribution in [3.05, 3.63) is 60.2 Å². The van der Waals surface area contributed by atoms with Crippen LogP contribution in [0.4, 0.5) is 0 Å². The number of aromatic nitrogens is 2. The fourth-order valence-electron chi connectivity index (χ4n) is 7.74. The number of rotatable bonds is 19. The zero-order chi connectivity index (χ0) is 40.8. The largest absolute Gasteiger partial charge is 0.480 e. The smallest absolute Gasteiger partial charge is 0.326 e. The fraction of sp³-hybridized carbons (Fsp3) is 0.585. The van der Waals surface area contributed by atoms with Gasteiger partial charge in [0.15, 0.2) is 0 Å². The van der Waals surface area contributed by atoms with Gasteiger partial charge in [-0.1, -0.05) is 96.6 Å². The molecule has 15 nitrogen and oxygen atoms in total. The van der Waals surface area contributed by atoms with Gasteiger partial charge in [-0.2, -0.15) is 0 Å². The van der Waals surface area contributed by atoms with Crippen LogP contribution in [0.1, 0.15) is 108 Å². The molecular weight excluding hydrogens is 718 g/mol. The monoisotopic (exact) mass is 775 g/mol. The van der Waals surface area contributed by atoms with Gasteiger partial charge in [0, 0.05) is 25.4 Å². The maximum absolute atomic E-state index is 14.5. The van der Waals surface area contributed by atoms with E-state index in [1.54, 1.807) is 37.3 Å². The highest BCUT2D eigenvalue weighted by Crippen LogP contribution is 2.30. The van der Waals surface area contributed by atoms with Gasteiger partial charge in [-0.15, -0.1) is 0 Å². The lowest BCUT2D eigenvalue weighted by atomic mass is 9.83. The minimum atomic E-state index is -1.37. The van der Waals surface area contributed by atoms with E-state index in [4.69, 9.17) is 0 Å². The Balaban J connectivity index is 1.52. The third-order valence-electron chi connectivity index (χ3n) is 11.2. The SMILES string of the molecule is CCCC(NC(=O)[C@@H]1[C@@H](CC)CCN1C(=O)[C@@H](NC(=O)[C@@H](NC(=O)c1cnccn1)C1CCCCC1)C(C)CC)C(=O)C(=O)N[C@@H](Cc1ccccc1)C(=O)O. The summed E-state index contributed by atoms with van der Waals surface area (Å²) in [4.78, 5) is 104. The normalized spacial score (nSPS) is 19.8. The number of carbonyl (C=O) groups is 7. The highest BCUT2D eigenvalue weighted by Gasteiger charge is 2.46. The zero-order valence-electron chi connectivity index (χ0n) is 32.9. The maximum Gasteiger partial charge on any atom is 0.326 e. The van der Waals surface area contributed by atoms with Crippen LogP contribution in [0.15, 0.2) is 48.9 Å². The van der Waals surface area contributed by atoms with Gasteiger partial charge < -0.3 is 31.3 Å². The van der Waals surface area contributed by atoms with E-state index in [0.717, 1.165) is 32.1 Å². The number of ketones is 1. The van der Waals surface area contributed by atoms with Gasteiger partial charge in [-0.25, -0.2) is 9.78 Å². The van der Waals surface area contributed by atoms with Gasteiger partial charge in [0.1, 0.15) is 29.9 Å². The van der Waals surface area contributed by atoms with Crippen LogP contribution in [-0.4, -0.2) is 98.0 Å². The molecule has 1 aromatic carbocycles. The Hall–Kier alpha value is -5.21. The number of aliphatic carboxylic acids is 1. The number of carboxylic acids is 1. The van der Waals surface area contributed by atoms with Gasteiger partial charge in [-0.3, -0.25) is 33.8 Å². The second-order valence-corrected chi connectivity index (χ2v) is 15.0. The summed E-state index contributed by atoms with van der Waals surface area (Å²) in [6.07, 6.45) is 10.5. The maximum atomic E-state index is 14.5. The molecule has 0 radical (unpaired) electrons. The molecule has 5 N–H and O–H groups in total. The van der Waals surface area contributed by atoms with Crippen molar-refractivity contribution >= 4 is 41.3 Å². The first-order chi connectivity index (χ1) is 26.9. The van der Waals surface area contributed by atoms with Crippen molar-refractivity contribution in [2.24, 2.45) is 17.8 Å². The van der Waals surface area contributed by atoms with Crippen molar-refractivity contribution in [2.45, 2.75) is 129 Å². The average Bonchev–Trinajstić information content (AvgIpc) is 3.66. The molecule has 1 saturated carbocycles. The molecule has 0 bridgehead atoms. The number of hydrogen-bond donors (Lipinski definition) is 5. The molecule has 2 unspecified atom stereocenters. The van der Waals surface area contributed by atoms with Crippen LogP contribution < -0.4 is 21.3 Å². The lowest BCUT2D eigenvalue weighted by Gasteiger charge is -2.35. The van der Waals surface area contributed by atoms with Crippen LogP contribution in [0.25, 0.3) is 0 Å². The minimum Gasteiger partial charge on any atom is -0.480 e. The second-order valence-electron chi connectivity index (χ2n) is 15.0. The lowest BCUT2D eigenvalue weighted by Crippen LogP contribution is -2.61. The van der Waals surface area contributed by atoms with Gasteiger partial charge in [0.2, 0.25) is 23.5 Å². The van der Waals surface area contributed by atoms with Crippen LogP contribution in [0.3, 0.4) is 0 Å². The summed E-state index contributed by atoms with van der Waals surface area (Å²) in [7, 11) is 0. The van der Waals surface area contributed by atoms with Crippen LogP contribution in [0.5, 0.6) is 0 Å². The van der Waals surface area contributed by atoms with Gasteiger partial charge in [-0.05, 0) is 49.0 Å². The number of likely N-dealkylation sites (tertiary alicyclic amines) is 1. The van der Waals surface area contributed by atoms with Crippen LogP contribution >= 0.6 is 0 Å². The topological polar surface area (TPSA) is 217 Å². The highest BCUT2D eigenvalue weighted by molar-refractivity contribution is 6.38. The van der Waals surface area contributed by atoms with E-state index in [9.17, 15) is 38.7 Å². The van der Waals surface area contributed by atoms with E-state index in [1.165, 1.54) is 23.5 Å². The molecule has 2 heterocycles. The summed E-state index contributed by atoms with van der Waals surface area (Å²) < 4.78 is 0. The third-order valence-corrected chi connectivity index (χ3v) is 11.2. The van der Waals surface area contributed by atoms with Gasteiger partial charge in [0.05, 0.1) is 12.2 Å². The molecule has 1 aliphatic carbocycles. The Bertz CT molecular complexity index is 1670. The van der Waals surface area contributed by atoms with Gasteiger partial charge in [0.25, 0.3) is 11.8 Å². The number of carboxylic acid groups (broad SMARTS) is 1. The van der Waals surface area contributed by atoms with E-state index < -0.39 is 71.5 Å². The first-order valence-corrected chi connectivity index (χ1v) is 20.0. The predicted molar refractivity (Wildman–Crippen MR) is 207 cm³/mol. The number of nitrogens with zero attached hydrogens (tertiary/aromatic N) is 3. The summed E-state index contributed by atoms with van der Waals surface area (Å²) in [6.45, 7) is 7.67. The number of nitrogens with one attached hydrogen (secondary N) is 4. The molecular formula is C41H57N7O8. The summed E-state index contributed by atoms with van der Waals surface area (Å²) in [5.41, 5.74) is 0.726. The first kappa shape index (κ1) is 43.5. The van der Waals surface area contributed by atoms with Crippen molar-refractivity contribution in [3.8, 4) is 0 Å². The van der Waals surface area contributed by atoms with E-state index >= 15 is 0 Å². The van der Waals surface area contributed by atoms with Crippen molar-refractivity contribution in [1.82, 2.24) is 36.1 Å². The molecule has 1 saturated heterocycles. The van der Waals surface area contributed by atoms with Crippen molar-refractivity contribution in [1.29, 1.82) is 0 Å². The van der Waals surface area contributed by atoms with Crippen molar-refractivity contribution in [2.75, 3.05) is 6.54 Å². The van der Waals surface area contributed by atoms with Gasteiger partial charge >= 0.3 is 5.97 Å². The number of amides is 5. The Morgan fingerprint density at radius 3 is 2.20 bits per heavy atom. The molecule has 2 aliphatic rings. The molecule has 304 valence electrons. The summed E-state index contributed by atoms with van der Waals surface area (Å²) in [5, 5.41) is 20.7. The predicted octanol–water partition coefficient (Wildman–Crippen LogP) is 2.98. The van der Waals surface area contributed by atoms with E-state index in [1.807, 2.05) is 20.8 Å². The third kappa shape index (κ3) is 11.4. The molecule has 0 spiro atoms. The Labute approximate surface area is 328 Å². The highest BCUT2D eigenvalue weighted by atomic mass is 16.4. The molecule has 2 fully saturated rings. The number of Topliss-reactive ketones (excluding diaryl/α,β-unsaturated/α-hetero) is 1. The fourth-order valence-corrected chi connectivity index (χ4v) is 7.74. The molecule has 1 aliphatic heterocycles. The first-order valence-electron chi connectivity index (χ1n) is 20.0. The number of hydrogen-bond acceptors (Lipinski definition) is 9. The summed E-state index contributed by atoms with van der Waals surface area (Å²) >= 11 is 0. The van der Waals surface area contributed by atoms with Crippen molar-refractivity contribution < 1.29 is 38.7 Å². The molecule has 56 heavy (non-hydrogen) atoms. The lowest BCUT2D eigenvalue weighted by molar-refractivity contribution is -0.146. The second kappa shape index (κ2) is 21.2. The molecule has 7 atom stereocenters. The zero-order valence-corrected chi connectivity index (χ0v) is 32.9. The van der Waals surface area contributed by atoms with Crippen LogP contribution in [-0.2, 0) is 35.2 Å². The quantitative estimate of drug-likeness (QED) is 0.132. The number of carbonyl (C=O) groups excluding carboxylic acids is 6. The van der Waals surface area contributed by atoms with E-state index in [-0.39, 0.29) is 42.8 Å². The van der Waals surface area contributed by atoms with E-state index in [0.29, 0.717) is 31.2 Å². The Morgan fingerprint density at radius 2 is 1.59 bits per heavy atom. The molecule has 2 aromatic rings. The summed E-state index contributed by atoms with van der Waals surface area (Å²) in [6, 6.07) is 3.14. The van der Waals surface area contributed by atoms with E-state index in [2.05, 4.69) is 31.2 Å². The summed E-state index contributed by atoms with van der Waals surface area (Å²) in [5.74, 6) is -6.26. The van der Waals surface area contributed by atoms with Crippen molar-refractivity contribution in [3.63, 3.8) is 0 Å². The number of benzene rings is 1. The molecule has 4 rings (SSSR count).